The van der Waals surface area contributed by atoms with Gasteiger partial charge in [-0.15, -0.1) is 0 Å². The van der Waals surface area contributed by atoms with Gasteiger partial charge in [0.15, 0.2) is 0 Å². The molecule has 0 unspecified atom stereocenters. The van der Waals surface area contributed by atoms with Crippen LogP contribution in [0, 0.1) is 0 Å². The van der Waals surface area contributed by atoms with Gasteiger partial charge >= 0.3 is 5.97 Å². The first-order chi connectivity index (χ1) is 4.42. The van der Waals surface area contributed by atoms with Crippen molar-refractivity contribution in [1.82, 2.24) is 0 Å². The SMILES string of the molecule is CC(S)(S)CCCC(=O)O. The Balaban J connectivity index is 3.29. The first-order valence-electron chi connectivity index (χ1n) is 3.08. The fourth-order valence-corrected chi connectivity index (χ4v) is 0.891. The summed E-state index contributed by atoms with van der Waals surface area (Å²) in [6.07, 6.45) is 1.56. The zero-order valence-corrected chi connectivity index (χ0v) is 7.66. The van der Waals surface area contributed by atoms with Crippen molar-refractivity contribution in [2.24, 2.45) is 0 Å². The standard InChI is InChI=1S/C6H12O2S2/c1-6(9,10)4-2-3-5(7)8/h9-10H,2-4H2,1H3,(H,7,8). The molecule has 0 saturated heterocycles. The monoisotopic (exact) mass is 180 g/mol. The summed E-state index contributed by atoms with van der Waals surface area (Å²) in [5, 5.41) is 8.26. The minimum absolute atomic E-state index is 0.205. The first kappa shape index (κ1) is 10.2. The summed E-state index contributed by atoms with van der Waals surface area (Å²) >= 11 is 8.26. The molecular weight excluding hydrogens is 168 g/mol. The lowest BCUT2D eigenvalue weighted by Gasteiger charge is -2.14. The molecule has 0 fully saturated rings. The van der Waals surface area contributed by atoms with Crippen molar-refractivity contribution < 1.29 is 9.90 Å². The van der Waals surface area contributed by atoms with Crippen molar-refractivity contribution in [2.45, 2.75) is 30.3 Å². The summed E-state index contributed by atoms with van der Waals surface area (Å²) in [4.78, 5) is 10.0. The van der Waals surface area contributed by atoms with Crippen molar-refractivity contribution in [3.63, 3.8) is 0 Å². The third kappa shape index (κ3) is 8.17. The Hall–Kier alpha value is 0.170. The van der Waals surface area contributed by atoms with Crippen LogP contribution >= 0.6 is 25.3 Å². The van der Waals surface area contributed by atoms with Gasteiger partial charge in [0.05, 0.1) is 4.08 Å². The molecule has 0 rings (SSSR count). The fraction of sp³-hybridized carbons (Fsp3) is 0.833. The number of thiol groups is 2. The second kappa shape index (κ2) is 4.13. The maximum absolute atomic E-state index is 10.0. The topological polar surface area (TPSA) is 37.3 Å². The minimum Gasteiger partial charge on any atom is -0.481 e. The highest BCUT2D eigenvalue weighted by atomic mass is 32.2. The predicted octanol–water partition coefficient (Wildman–Crippen LogP) is 1.82. The molecule has 0 atom stereocenters. The zero-order chi connectivity index (χ0) is 8.20. The van der Waals surface area contributed by atoms with E-state index in [4.69, 9.17) is 5.11 Å². The van der Waals surface area contributed by atoms with Gasteiger partial charge in [-0.1, -0.05) is 0 Å². The van der Waals surface area contributed by atoms with Crippen LogP contribution in [-0.4, -0.2) is 15.2 Å². The van der Waals surface area contributed by atoms with E-state index in [2.05, 4.69) is 25.3 Å². The quantitative estimate of drug-likeness (QED) is 0.456. The van der Waals surface area contributed by atoms with Gasteiger partial charge in [0, 0.05) is 6.42 Å². The highest BCUT2D eigenvalue weighted by Gasteiger charge is 2.12. The van der Waals surface area contributed by atoms with E-state index >= 15 is 0 Å². The van der Waals surface area contributed by atoms with Crippen LogP contribution in [0.4, 0.5) is 0 Å². The Morgan fingerprint density at radius 3 is 2.40 bits per heavy atom. The van der Waals surface area contributed by atoms with Crippen molar-refractivity contribution >= 4 is 31.2 Å². The molecule has 2 nitrogen and oxygen atoms in total. The molecule has 10 heavy (non-hydrogen) atoms. The summed E-state index contributed by atoms with van der Waals surface area (Å²) < 4.78 is -0.338. The van der Waals surface area contributed by atoms with Crippen LogP contribution in [0.5, 0.6) is 0 Å². The largest absolute Gasteiger partial charge is 0.481 e. The molecule has 4 heteroatoms. The summed E-state index contributed by atoms with van der Waals surface area (Å²) in [6.45, 7) is 1.85. The van der Waals surface area contributed by atoms with E-state index in [-0.39, 0.29) is 10.5 Å². The van der Waals surface area contributed by atoms with Crippen molar-refractivity contribution in [1.29, 1.82) is 0 Å². The average molecular weight is 180 g/mol. The van der Waals surface area contributed by atoms with Gasteiger partial charge in [-0.3, -0.25) is 4.79 Å². The third-order valence-electron chi connectivity index (χ3n) is 1.04. The Morgan fingerprint density at radius 1 is 1.60 bits per heavy atom. The first-order valence-corrected chi connectivity index (χ1v) is 3.98. The van der Waals surface area contributed by atoms with E-state index in [1.807, 2.05) is 6.92 Å². The molecule has 0 aromatic rings. The Bertz CT molecular complexity index is 117. The molecule has 60 valence electrons. The maximum atomic E-state index is 10.0. The van der Waals surface area contributed by atoms with Crippen LogP contribution in [0.2, 0.25) is 0 Å². The third-order valence-corrected chi connectivity index (χ3v) is 1.49. The lowest BCUT2D eigenvalue weighted by Crippen LogP contribution is -2.07. The number of aliphatic carboxylic acids is 1. The number of carboxylic acids is 1. The Kier molecular flexibility index (Phi) is 4.20. The molecular formula is C6H12O2S2. The van der Waals surface area contributed by atoms with Gasteiger partial charge in [-0.2, -0.15) is 25.3 Å². The van der Waals surface area contributed by atoms with Crippen molar-refractivity contribution in [3.05, 3.63) is 0 Å². The maximum Gasteiger partial charge on any atom is 0.303 e. The van der Waals surface area contributed by atoms with Crippen molar-refractivity contribution in [3.8, 4) is 0 Å². The summed E-state index contributed by atoms with van der Waals surface area (Å²) in [7, 11) is 0. The smallest absolute Gasteiger partial charge is 0.303 e. The lowest BCUT2D eigenvalue weighted by molar-refractivity contribution is -0.137. The molecule has 0 aliphatic carbocycles. The predicted molar refractivity (Wildman–Crippen MR) is 47.9 cm³/mol. The van der Waals surface area contributed by atoms with Crippen LogP contribution in [0.25, 0.3) is 0 Å². The number of hydrogen-bond donors (Lipinski definition) is 3. The Morgan fingerprint density at radius 2 is 2.10 bits per heavy atom. The van der Waals surface area contributed by atoms with Crippen LogP contribution in [-0.2, 0) is 4.79 Å². The van der Waals surface area contributed by atoms with Gasteiger partial charge in [-0.05, 0) is 19.8 Å². The molecule has 1 N–H and O–H groups in total. The lowest BCUT2D eigenvalue weighted by atomic mass is 10.2. The van der Waals surface area contributed by atoms with E-state index in [0.29, 0.717) is 12.8 Å². The molecule has 0 saturated carbocycles. The minimum atomic E-state index is -0.758. The van der Waals surface area contributed by atoms with Gasteiger partial charge in [-0.25, -0.2) is 0 Å². The van der Waals surface area contributed by atoms with Gasteiger partial charge < -0.3 is 5.11 Å². The van der Waals surface area contributed by atoms with Crippen molar-refractivity contribution in [2.75, 3.05) is 0 Å². The van der Waals surface area contributed by atoms with Crippen LogP contribution in [0.1, 0.15) is 26.2 Å². The normalized spacial score (nSPS) is 11.5. The number of rotatable bonds is 4. The van der Waals surface area contributed by atoms with Gasteiger partial charge in [0.25, 0.3) is 0 Å². The second-order valence-corrected chi connectivity index (χ2v) is 4.79. The fourth-order valence-electron chi connectivity index (χ4n) is 0.575. The molecule has 0 aliphatic rings. The number of carbonyl (C=O) groups is 1. The molecule has 0 bridgehead atoms. The van der Waals surface area contributed by atoms with Gasteiger partial charge in [0.1, 0.15) is 0 Å². The number of carboxylic acid groups (broad SMARTS) is 1. The molecule has 0 aromatic carbocycles. The summed E-state index contributed by atoms with van der Waals surface area (Å²) in [5.41, 5.74) is 0. The molecule has 0 spiro atoms. The molecule has 0 aliphatic heterocycles. The molecule has 0 amide bonds. The molecule has 0 radical (unpaired) electrons. The second-order valence-electron chi connectivity index (χ2n) is 2.46. The summed E-state index contributed by atoms with van der Waals surface area (Å²) in [5.74, 6) is -0.758. The highest BCUT2D eigenvalue weighted by Crippen LogP contribution is 2.24. The van der Waals surface area contributed by atoms with E-state index in [1.165, 1.54) is 0 Å². The highest BCUT2D eigenvalue weighted by molar-refractivity contribution is 8.00. The molecule has 0 aromatic heterocycles. The zero-order valence-electron chi connectivity index (χ0n) is 5.87. The van der Waals surface area contributed by atoms with Crippen LogP contribution < -0.4 is 0 Å². The van der Waals surface area contributed by atoms with E-state index in [9.17, 15) is 4.79 Å². The Labute approximate surface area is 71.8 Å². The van der Waals surface area contributed by atoms with Crippen LogP contribution in [0.15, 0.2) is 0 Å². The molecule has 0 heterocycles. The van der Waals surface area contributed by atoms with E-state index < -0.39 is 5.97 Å². The summed E-state index contributed by atoms with van der Waals surface area (Å²) in [6, 6.07) is 0. The average Bonchev–Trinajstić information content (AvgIpc) is 1.59. The van der Waals surface area contributed by atoms with Crippen LogP contribution in [0.3, 0.4) is 0 Å². The van der Waals surface area contributed by atoms with E-state index in [0.717, 1.165) is 0 Å². The van der Waals surface area contributed by atoms with E-state index in [1.54, 1.807) is 0 Å². The number of hydrogen-bond acceptors (Lipinski definition) is 3. The van der Waals surface area contributed by atoms with Gasteiger partial charge in [0.2, 0.25) is 0 Å².